The van der Waals surface area contributed by atoms with E-state index >= 15 is 0 Å². The monoisotopic (exact) mass is 557 g/mol. The maximum Gasteiger partial charge on any atom is 0.305 e. The Morgan fingerprint density at radius 1 is 0.714 bits per heavy atom. The second-order valence-corrected chi connectivity index (χ2v) is 10.0. The van der Waals surface area contributed by atoms with E-state index in [0.29, 0.717) is 35.2 Å². The second kappa shape index (κ2) is 12.9. The van der Waals surface area contributed by atoms with Crippen molar-refractivity contribution < 1.29 is 19.5 Å². The van der Waals surface area contributed by atoms with E-state index in [1.165, 1.54) is 0 Å². The van der Waals surface area contributed by atoms with Crippen LogP contribution in [0.1, 0.15) is 32.7 Å². The highest BCUT2D eigenvalue weighted by Crippen LogP contribution is 2.32. The van der Waals surface area contributed by atoms with E-state index in [-0.39, 0.29) is 24.8 Å². The number of rotatable bonds is 10. The maximum atomic E-state index is 14.0. The van der Waals surface area contributed by atoms with Gasteiger partial charge in [0.15, 0.2) is 0 Å². The quantitative estimate of drug-likeness (QED) is 0.216. The van der Waals surface area contributed by atoms with E-state index in [0.717, 1.165) is 22.0 Å². The molecule has 1 N–H and O–H groups in total. The fourth-order valence-electron chi connectivity index (χ4n) is 5.13. The van der Waals surface area contributed by atoms with Crippen LogP contribution in [0.5, 0.6) is 0 Å². The van der Waals surface area contributed by atoms with Gasteiger partial charge >= 0.3 is 5.97 Å². The first-order chi connectivity index (χ1) is 20.4. The third-order valence-corrected chi connectivity index (χ3v) is 7.31. The van der Waals surface area contributed by atoms with Gasteiger partial charge in [-0.15, -0.1) is 0 Å². The summed E-state index contributed by atoms with van der Waals surface area (Å²) < 4.78 is 0. The molecule has 0 saturated carbocycles. The molecule has 210 valence electrons. The average molecular weight is 558 g/mol. The van der Waals surface area contributed by atoms with Crippen molar-refractivity contribution >= 4 is 34.2 Å². The van der Waals surface area contributed by atoms with Crippen molar-refractivity contribution in [3.05, 3.63) is 132 Å². The molecular weight excluding hydrogens is 526 g/mol. The average Bonchev–Trinajstić information content (AvgIpc) is 3.04. The molecule has 0 atom stereocenters. The number of anilines is 1. The highest BCUT2D eigenvalue weighted by molar-refractivity contribution is 6.14. The molecule has 0 spiro atoms. The highest BCUT2D eigenvalue weighted by Gasteiger charge is 2.24. The van der Waals surface area contributed by atoms with E-state index in [1.807, 2.05) is 84.9 Å². The number of hydrogen-bond acceptors (Lipinski definition) is 4. The van der Waals surface area contributed by atoms with E-state index in [1.54, 1.807) is 47.4 Å². The Bertz CT molecular complexity index is 1730. The molecule has 5 aromatic rings. The first-order valence-electron chi connectivity index (χ1n) is 13.8. The number of benzene rings is 4. The molecule has 4 aromatic carbocycles. The van der Waals surface area contributed by atoms with Gasteiger partial charge in [-0.05, 0) is 52.8 Å². The van der Waals surface area contributed by atoms with Gasteiger partial charge in [0.2, 0.25) is 0 Å². The topological polar surface area (TPSA) is 90.8 Å². The summed E-state index contributed by atoms with van der Waals surface area (Å²) in [5.41, 5.74) is 3.84. The molecule has 0 aliphatic carbocycles. The summed E-state index contributed by atoms with van der Waals surface area (Å²) in [7, 11) is 1.75. The van der Waals surface area contributed by atoms with Gasteiger partial charge in [0.05, 0.1) is 12.1 Å². The molecule has 0 bridgehead atoms. The number of pyridine rings is 1. The zero-order valence-corrected chi connectivity index (χ0v) is 23.3. The Balaban J connectivity index is 1.49. The van der Waals surface area contributed by atoms with Gasteiger partial charge in [0.25, 0.3) is 11.8 Å². The van der Waals surface area contributed by atoms with Crippen molar-refractivity contribution in [2.75, 3.05) is 25.0 Å². The van der Waals surface area contributed by atoms with Crippen molar-refractivity contribution in [2.45, 2.75) is 12.8 Å². The minimum atomic E-state index is -0.977. The number of fused-ring (bicyclic) bond motifs is 1. The molecule has 0 saturated heterocycles. The standard InChI is InChI=1S/C35H31N3O4/c1-37(32-18-8-12-26-11-2-3-13-27(26)32)34(41)30-16-6-4-14-28(30)29-15-5-7-17-31(29)35(42)38(23-20-33(39)40)22-19-25-10-9-21-36-24-25/h2-18,21,24H,19-20,22-23H2,1H3,(H,39,40). The zero-order valence-electron chi connectivity index (χ0n) is 23.3. The molecule has 1 heterocycles. The number of carbonyl (C=O) groups is 3. The van der Waals surface area contributed by atoms with Crippen molar-refractivity contribution in [3.63, 3.8) is 0 Å². The van der Waals surface area contributed by atoms with Crippen LogP contribution in [0.25, 0.3) is 21.9 Å². The molecule has 5 rings (SSSR count). The van der Waals surface area contributed by atoms with Crippen molar-refractivity contribution in [2.24, 2.45) is 0 Å². The molecule has 1 aromatic heterocycles. The van der Waals surface area contributed by atoms with Crippen LogP contribution in [-0.2, 0) is 11.2 Å². The zero-order chi connectivity index (χ0) is 29.5. The molecule has 0 unspecified atom stereocenters. The number of carboxylic acids is 1. The number of nitrogens with zero attached hydrogens (tertiary/aromatic N) is 3. The molecular formula is C35H31N3O4. The maximum absolute atomic E-state index is 14.0. The smallest absolute Gasteiger partial charge is 0.305 e. The van der Waals surface area contributed by atoms with Gasteiger partial charge < -0.3 is 14.9 Å². The van der Waals surface area contributed by atoms with Crippen LogP contribution in [0, 0.1) is 0 Å². The lowest BCUT2D eigenvalue weighted by Crippen LogP contribution is -2.35. The molecule has 2 amide bonds. The Kier molecular flexibility index (Phi) is 8.68. The van der Waals surface area contributed by atoms with Crippen molar-refractivity contribution in [3.8, 4) is 11.1 Å². The fraction of sp³-hybridized carbons (Fsp3) is 0.143. The van der Waals surface area contributed by atoms with E-state index in [2.05, 4.69) is 4.98 Å². The fourth-order valence-corrected chi connectivity index (χ4v) is 5.13. The minimum Gasteiger partial charge on any atom is -0.481 e. The Morgan fingerprint density at radius 3 is 2.05 bits per heavy atom. The van der Waals surface area contributed by atoms with Crippen LogP contribution >= 0.6 is 0 Å². The second-order valence-electron chi connectivity index (χ2n) is 10.0. The Labute approximate surface area is 244 Å². The van der Waals surface area contributed by atoms with Gasteiger partial charge in [-0.2, -0.15) is 0 Å². The highest BCUT2D eigenvalue weighted by atomic mass is 16.4. The van der Waals surface area contributed by atoms with Gasteiger partial charge in [-0.1, -0.05) is 78.9 Å². The predicted octanol–water partition coefficient (Wildman–Crippen LogP) is 6.34. The third-order valence-electron chi connectivity index (χ3n) is 7.31. The first kappa shape index (κ1) is 28.2. The molecule has 0 aliphatic rings. The summed E-state index contributed by atoms with van der Waals surface area (Å²) in [4.78, 5) is 46.7. The molecule has 7 heteroatoms. The molecule has 7 nitrogen and oxygen atoms in total. The molecule has 42 heavy (non-hydrogen) atoms. The summed E-state index contributed by atoms with van der Waals surface area (Å²) in [6.07, 6.45) is 3.78. The number of amides is 2. The molecule has 0 fully saturated rings. The summed E-state index contributed by atoms with van der Waals surface area (Å²) in [5.74, 6) is -1.47. The van der Waals surface area contributed by atoms with Gasteiger partial charge in [-0.25, -0.2) is 0 Å². The normalized spacial score (nSPS) is 10.8. The van der Waals surface area contributed by atoms with Crippen LogP contribution in [0.4, 0.5) is 5.69 Å². The SMILES string of the molecule is CN(C(=O)c1ccccc1-c1ccccc1C(=O)N(CCC(=O)O)CCc1cccnc1)c1cccc2ccccc12. The summed E-state index contributed by atoms with van der Waals surface area (Å²) >= 11 is 0. The minimum absolute atomic E-state index is 0.0627. The lowest BCUT2D eigenvalue weighted by atomic mass is 9.93. The molecule has 0 aliphatic heterocycles. The number of carboxylic acid groups (broad SMARTS) is 1. The van der Waals surface area contributed by atoms with Gasteiger partial charge in [0, 0.05) is 49.0 Å². The van der Waals surface area contributed by atoms with Crippen LogP contribution in [0.2, 0.25) is 0 Å². The summed E-state index contributed by atoms with van der Waals surface area (Å²) in [5, 5.41) is 11.4. The van der Waals surface area contributed by atoms with Crippen molar-refractivity contribution in [1.29, 1.82) is 0 Å². The Hall–Kier alpha value is -5.30. The van der Waals surface area contributed by atoms with E-state index in [4.69, 9.17) is 0 Å². The Morgan fingerprint density at radius 2 is 1.36 bits per heavy atom. The number of carbonyl (C=O) groups excluding carboxylic acids is 2. The first-order valence-corrected chi connectivity index (χ1v) is 13.8. The third kappa shape index (κ3) is 6.20. The van der Waals surface area contributed by atoms with Crippen LogP contribution < -0.4 is 4.90 Å². The summed E-state index contributed by atoms with van der Waals surface area (Å²) in [6.45, 7) is 0.393. The van der Waals surface area contributed by atoms with Crippen molar-refractivity contribution in [1.82, 2.24) is 9.88 Å². The largest absolute Gasteiger partial charge is 0.481 e. The number of hydrogen-bond donors (Lipinski definition) is 1. The van der Waals surface area contributed by atoms with E-state index in [9.17, 15) is 19.5 Å². The van der Waals surface area contributed by atoms with Crippen LogP contribution in [-0.4, -0.2) is 52.9 Å². The van der Waals surface area contributed by atoms with E-state index < -0.39 is 5.97 Å². The predicted molar refractivity (Wildman–Crippen MR) is 165 cm³/mol. The van der Waals surface area contributed by atoms with Crippen LogP contribution in [0.15, 0.2) is 116 Å². The van der Waals surface area contributed by atoms with Gasteiger partial charge in [0.1, 0.15) is 0 Å². The van der Waals surface area contributed by atoms with Gasteiger partial charge in [-0.3, -0.25) is 19.4 Å². The summed E-state index contributed by atoms with van der Waals surface area (Å²) in [6, 6.07) is 32.0. The molecule has 0 radical (unpaired) electrons. The number of aliphatic carboxylic acids is 1. The lowest BCUT2D eigenvalue weighted by molar-refractivity contribution is -0.137. The van der Waals surface area contributed by atoms with Crippen LogP contribution in [0.3, 0.4) is 0 Å². The lowest BCUT2D eigenvalue weighted by Gasteiger charge is -2.25. The number of aromatic nitrogens is 1.